The molecule has 2 rings (SSSR count). The van der Waals surface area contributed by atoms with Gasteiger partial charge >= 0.3 is 0 Å². The van der Waals surface area contributed by atoms with Crippen LogP contribution in [0.2, 0.25) is 0 Å². The molecule has 0 heteroatoms. The topological polar surface area (TPSA) is 0 Å². The van der Waals surface area contributed by atoms with E-state index in [1.807, 2.05) is 0 Å². The molecule has 0 aliphatic carbocycles. The Kier molecular flexibility index (Phi) is 13.3. The lowest BCUT2D eigenvalue weighted by Gasteiger charge is -2.32. The van der Waals surface area contributed by atoms with E-state index in [1.54, 1.807) is 44.5 Å². The average molecular weight is 533 g/mol. The van der Waals surface area contributed by atoms with E-state index in [0.29, 0.717) is 41.4 Å². The Morgan fingerprint density at radius 1 is 0.385 bits per heavy atom. The Morgan fingerprint density at radius 2 is 0.641 bits per heavy atom. The summed E-state index contributed by atoms with van der Waals surface area (Å²) >= 11 is 0. The summed E-state index contributed by atoms with van der Waals surface area (Å²) in [5.74, 6) is 4.42. The van der Waals surface area contributed by atoms with Gasteiger partial charge in [0.1, 0.15) is 0 Å². The summed E-state index contributed by atoms with van der Waals surface area (Å²) < 4.78 is 0. The summed E-state index contributed by atoms with van der Waals surface area (Å²) in [5.41, 5.74) is 13.2. The molecule has 0 nitrogen and oxygen atoms in total. The van der Waals surface area contributed by atoms with E-state index in [0.717, 1.165) is 0 Å². The molecule has 0 aliphatic heterocycles. The molecule has 0 radical (unpaired) electrons. The molecule has 0 saturated heterocycles. The van der Waals surface area contributed by atoms with Crippen molar-refractivity contribution in [2.24, 2.45) is 35.5 Å². The van der Waals surface area contributed by atoms with Gasteiger partial charge in [-0.3, -0.25) is 0 Å². The predicted molar refractivity (Wildman–Crippen MR) is 176 cm³/mol. The molecule has 0 aliphatic rings. The molecule has 0 unspecified atom stereocenters. The molecule has 0 amide bonds. The van der Waals surface area contributed by atoms with E-state index in [2.05, 4.69) is 114 Å². The van der Waals surface area contributed by atoms with Gasteiger partial charge in [0.2, 0.25) is 0 Å². The lowest BCUT2D eigenvalue weighted by atomic mass is 9.72. The zero-order chi connectivity index (χ0) is 29.4. The molecule has 0 bridgehead atoms. The van der Waals surface area contributed by atoms with Crippen molar-refractivity contribution in [3.63, 3.8) is 0 Å². The highest BCUT2D eigenvalue weighted by molar-refractivity contribution is 5.53. The van der Waals surface area contributed by atoms with Crippen molar-refractivity contribution >= 4 is 0 Å². The van der Waals surface area contributed by atoms with Gasteiger partial charge in [0.05, 0.1) is 0 Å². The van der Waals surface area contributed by atoms with Crippen LogP contribution in [0.5, 0.6) is 0 Å². The zero-order valence-corrected chi connectivity index (χ0v) is 28.3. The van der Waals surface area contributed by atoms with Gasteiger partial charge in [-0.1, -0.05) is 114 Å². The van der Waals surface area contributed by atoms with Crippen molar-refractivity contribution in [3.8, 4) is 0 Å². The van der Waals surface area contributed by atoms with Crippen LogP contribution in [0.15, 0.2) is 24.3 Å². The minimum atomic E-state index is 0.467. The Balaban J connectivity index is 3.04. The molecule has 0 aromatic heterocycles. The maximum Gasteiger partial charge on any atom is 0.00978 e. The van der Waals surface area contributed by atoms with Crippen LogP contribution in [0.1, 0.15) is 147 Å². The molecular weight excluding hydrogens is 468 g/mol. The third kappa shape index (κ3) is 9.79. The van der Waals surface area contributed by atoms with Gasteiger partial charge in [0.25, 0.3) is 0 Å². The quantitative estimate of drug-likeness (QED) is 0.214. The van der Waals surface area contributed by atoms with E-state index in [9.17, 15) is 0 Å². The lowest BCUT2D eigenvalue weighted by molar-refractivity contribution is 0.581. The maximum atomic E-state index is 2.53. The van der Waals surface area contributed by atoms with Crippen molar-refractivity contribution in [1.82, 2.24) is 0 Å². The van der Waals surface area contributed by atoms with Crippen LogP contribution in [0.25, 0.3) is 0 Å². The molecular formula is C39H64. The first-order chi connectivity index (χ1) is 18.2. The molecule has 0 fully saturated rings. The van der Waals surface area contributed by atoms with Crippen LogP contribution in [0.4, 0.5) is 0 Å². The zero-order valence-electron chi connectivity index (χ0n) is 28.3. The second-order valence-corrected chi connectivity index (χ2v) is 15.1. The highest BCUT2D eigenvalue weighted by Gasteiger charge is 2.28. The first kappa shape index (κ1) is 33.6. The summed E-state index contributed by atoms with van der Waals surface area (Å²) in [4.78, 5) is 0. The van der Waals surface area contributed by atoms with Crippen LogP contribution in [-0.4, -0.2) is 0 Å². The molecule has 0 atom stereocenters. The standard InChI is InChI=1S/C39H64/c1-14-35(38-33(21-27(6)7)17-15-31(19-25(2)3)36(38)23-29(10)11)39-34(22-28(8)9)18-16-32(20-26(4)5)37(39)24-30(12)13/h15-18,25-30,35H,14,19-24H2,1-13H3. The van der Waals surface area contributed by atoms with Gasteiger partial charge < -0.3 is 0 Å². The summed E-state index contributed by atoms with van der Waals surface area (Å²) in [7, 11) is 0. The minimum Gasteiger partial charge on any atom is -0.0645 e. The normalized spacial score (nSPS) is 12.5. The Morgan fingerprint density at radius 3 is 0.897 bits per heavy atom. The van der Waals surface area contributed by atoms with Crippen LogP contribution in [0.3, 0.4) is 0 Å². The molecule has 0 saturated carbocycles. The van der Waals surface area contributed by atoms with Crippen molar-refractivity contribution in [2.75, 3.05) is 0 Å². The second kappa shape index (κ2) is 15.4. The average Bonchev–Trinajstić information content (AvgIpc) is 2.78. The summed E-state index contributed by atoms with van der Waals surface area (Å²) in [6.45, 7) is 31.2. The molecule has 0 heterocycles. The van der Waals surface area contributed by atoms with Crippen molar-refractivity contribution in [3.05, 3.63) is 68.8 Å². The van der Waals surface area contributed by atoms with Crippen LogP contribution >= 0.6 is 0 Å². The van der Waals surface area contributed by atoms with Crippen molar-refractivity contribution < 1.29 is 0 Å². The van der Waals surface area contributed by atoms with E-state index >= 15 is 0 Å². The third-order valence-corrected chi connectivity index (χ3v) is 7.93. The fourth-order valence-electron chi connectivity index (χ4n) is 6.73. The maximum absolute atomic E-state index is 2.53. The molecule has 0 N–H and O–H groups in total. The Hall–Kier alpha value is -1.56. The summed E-state index contributed by atoms with van der Waals surface area (Å²) in [5, 5.41) is 0. The molecule has 2 aromatic carbocycles. The van der Waals surface area contributed by atoms with Crippen molar-refractivity contribution in [1.29, 1.82) is 0 Å². The number of rotatable bonds is 15. The first-order valence-corrected chi connectivity index (χ1v) is 16.5. The molecule has 220 valence electrons. The van der Waals surface area contributed by atoms with Gasteiger partial charge in [0, 0.05) is 5.92 Å². The minimum absolute atomic E-state index is 0.467. The molecule has 2 aromatic rings. The number of hydrogen-bond acceptors (Lipinski definition) is 0. The Bertz CT molecular complexity index is 933. The number of benzene rings is 2. The van der Waals surface area contributed by atoms with Gasteiger partial charge in [-0.05, 0) is 125 Å². The smallest absolute Gasteiger partial charge is 0.00978 e. The highest BCUT2D eigenvalue weighted by atomic mass is 14.3. The third-order valence-electron chi connectivity index (χ3n) is 7.93. The van der Waals surface area contributed by atoms with E-state index in [4.69, 9.17) is 0 Å². The Labute approximate surface area is 244 Å². The summed E-state index contributed by atoms with van der Waals surface area (Å²) in [6.07, 6.45) is 8.24. The highest BCUT2D eigenvalue weighted by Crippen LogP contribution is 2.42. The van der Waals surface area contributed by atoms with Gasteiger partial charge in [0.15, 0.2) is 0 Å². The summed E-state index contributed by atoms with van der Waals surface area (Å²) in [6, 6.07) is 10.1. The fraction of sp³-hybridized carbons (Fsp3) is 0.692. The van der Waals surface area contributed by atoms with Gasteiger partial charge in [-0.2, -0.15) is 0 Å². The van der Waals surface area contributed by atoms with Crippen molar-refractivity contribution in [2.45, 2.75) is 141 Å². The van der Waals surface area contributed by atoms with Crippen LogP contribution in [0, 0.1) is 35.5 Å². The van der Waals surface area contributed by atoms with E-state index < -0.39 is 0 Å². The lowest BCUT2D eigenvalue weighted by Crippen LogP contribution is -2.19. The monoisotopic (exact) mass is 533 g/mol. The van der Waals surface area contributed by atoms with Gasteiger partial charge in [-0.15, -0.1) is 0 Å². The molecule has 0 spiro atoms. The second-order valence-electron chi connectivity index (χ2n) is 15.1. The molecule has 39 heavy (non-hydrogen) atoms. The predicted octanol–water partition coefficient (Wildman–Crippen LogP) is 11.4. The van der Waals surface area contributed by atoms with Crippen LogP contribution in [-0.2, 0) is 38.5 Å². The SMILES string of the molecule is CCC(c1c(CC(C)C)ccc(CC(C)C)c1CC(C)C)c1c(CC(C)C)ccc(CC(C)C)c1CC(C)C. The largest absolute Gasteiger partial charge is 0.0645 e. The first-order valence-electron chi connectivity index (χ1n) is 16.5. The van der Waals surface area contributed by atoms with E-state index in [-0.39, 0.29) is 0 Å². The van der Waals surface area contributed by atoms with E-state index in [1.165, 1.54) is 44.9 Å². The van der Waals surface area contributed by atoms with Crippen LogP contribution < -0.4 is 0 Å². The number of hydrogen-bond donors (Lipinski definition) is 0. The van der Waals surface area contributed by atoms with Gasteiger partial charge in [-0.25, -0.2) is 0 Å². The fourth-order valence-corrected chi connectivity index (χ4v) is 6.73.